The number of phenolic OH excluding ortho intramolecular Hbond substituents is 1. The summed E-state index contributed by atoms with van der Waals surface area (Å²) in [6.07, 6.45) is 1.97. The molecular formula is C29H27NO3. The first kappa shape index (κ1) is 19.4. The third-order valence-electron chi connectivity index (χ3n) is 9.11. The lowest BCUT2D eigenvalue weighted by Gasteiger charge is -2.60. The molecule has 2 fully saturated rings. The van der Waals surface area contributed by atoms with Crippen LogP contribution in [-0.4, -0.2) is 41.5 Å². The van der Waals surface area contributed by atoms with Crippen LogP contribution >= 0.6 is 0 Å². The molecule has 3 aromatic rings. The number of phenols is 1. The van der Waals surface area contributed by atoms with E-state index < -0.39 is 11.5 Å². The van der Waals surface area contributed by atoms with Crippen LogP contribution in [0.3, 0.4) is 0 Å². The van der Waals surface area contributed by atoms with Crippen molar-refractivity contribution in [1.82, 2.24) is 4.90 Å². The van der Waals surface area contributed by atoms with E-state index in [2.05, 4.69) is 36.2 Å². The SMILES string of the molecule is CN1CC[C@]23c4c5ccc(O)c4O[C@H]2C(=O)C(c2ccccc2)(c2ccccc2)C[C@H]3[C@H]1C5. The predicted molar refractivity (Wildman–Crippen MR) is 126 cm³/mol. The van der Waals surface area contributed by atoms with E-state index in [4.69, 9.17) is 4.74 Å². The number of hydrogen-bond acceptors (Lipinski definition) is 4. The van der Waals surface area contributed by atoms with Crippen LogP contribution < -0.4 is 4.74 Å². The highest BCUT2D eigenvalue weighted by molar-refractivity contribution is 6.01. The van der Waals surface area contributed by atoms with E-state index in [-0.39, 0.29) is 22.9 Å². The van der Waals surface area contributed by atoms with E-state index in [1.807, 2.05) is 42.5 Å². The number of piperidine rings is 1. The first-order valence-corrected chi connectivity index (χ1v) is 11.9. The lowest BCUT2D eigenvalue weighted by Crippen LogP contribution is -2.70. The summed E-state index contributed by atoms with van der Waals surface area (Å²) in [4.78, 5) is 17.2. The molecule has 0 amide bonds. The van der Waals surface area contributed by atoms with Gasteiger partial charge in [0.15, 0.2) is 23.4 Å². The van der Waals surface area contributed by atoms with Crippen LogP contribution in [0.15, 0.2) is 72.8 Å². The van der Waals surface area contributed by atoms with Gasteiger partial charge in [-0.2, -0.15) is 0 Å². The number of rotatable bonds is 2. The second kappa shape index (κ2) is 6.48. The standard InChI is InChI=1S/C29H27NO3/c1-30-15-14-28-21-17-29(19-8-4-2-5-9-19,20-10-6-3-7-11-20)26(32)27(28)33-25-23(31)13-12-18(24(25)28)16-22(21)30/h2-13,21-22,27,31H,14-17H2,1H3/t21-,22+,27-,28-/m0/s1. The molecule has 7 rings (SSSR count). The molecule has 1 spiro atoms. The van der Waals surface area contributed by atoms with Crippen LogP contribution in [0.25, 0.3) is 0 Å². The Morgan fingerprint density at radius 2 is 1.64 bits per heavy atom. The smallest absolute Gasteiger partial charge is 0.189 e. The van der Waals surface area contributed by atoms with Crippen molar-refractivity contribution in [3.8, 4) is 11.5 Å². The lowest BCUT2D eigenvalue weighted by molar-refractivity contribution is -0.145. The van der Waals surface area contributed by atoms with Crippen LogP contribution in [-0.2, 0) is 22.0 Å². The fourth-order valence-corrected chi connectivity index (χ4v) is 7.68. The second-order valence-corrected chi connectivity index (χ2v) is 10.3. The van der Waals surface area contributed by atoms with Crippen LogP contribution in [0, 0.1) is 5.92 Å². The lowest BCUT2D eigenvalue weighted by atomic mass is 9.45. The number of likely N-dealkylation sites (tertiary alicyclic amines) is 1. The summed E-state index contributed by atoms with van der Waals surface area (Å²) in [7, 11) is 2.22. The summed E-state index contributed by atoms with van der Waals surface area (Å²) in [5.41, 5.74) is 3.29. The zero-order chi connectivity index (χ0) is 22.4. The minimum absolute atomic E-state index is 0.128. The maximum absolute atomic E-state index is 14.7. The van der Waals surface area contributed by atoms with E-state index in [1.54, 1.807) is 6.07 Å². The third-order valence-corrected chi connectivity index (χ3v) is 9.11. The quantitative estimate of drug-likeness (QED) is 0.652. The van der Waals surface area contributed by atoms with Gasteiger partial charge in [0.25, 0.3) is 0 Å². The fraction of sp³-hybridized carbons (Fsp3) is 0.345. The van der Waals surface area contributed by atoms with Crippen molar-refractivity contribution >= 4 is 5.78 Å². The Balaban J connectivity index is 1.52. The van der Waals surface area contributed by atoms with Crippen LogP contribution in [0.5, 0.6) is 11.5 Å². The van der Waals surface area contributed by atoms with Crippen molar-refractivity contribution in [2.24, 2.45) is 5.92 Å². The normalized spacial score (nSPS) is 31.1. The van der Waals surface area contributed by atoms with Gasteiger partial charge in [0.05, 0.1) is 5.41 Å². The van der Waals surface area contributed by atoms with Gasteiger partial charge >= 0.3 is 0 Å². The fourth-order valence-electron chi connectivity index (χ4n) is 7.68. The average Bonchev–Trinajstić information content (AvgIpc) is 3.21. The van der Waals surface area contributed by atoms with Crippen molar-refractivity contribution in [3.05, 3.63) is 95.1 Å². The number of aromatic hydroxyl groups is 1. The molecule has 4 heteroatoms. The minimum atomic E-state index is -0.771. The highest BCUT2D eigenvalue weighted by atomic mass is 16.5. The van der Waals surface area contributed by atoms with Crippen LogP contribution in [0.4, 0.5) is 0 Å². The Labute approximate surface area is 193 Å². The molecule has 2 bridgehead atoms. The summed E-state index contributed by atoms with van der Waals surface area (Å²) in [5.74, 6) is 1.10. The number of likely N-dealkylation sites (N-methyl/N-ethyl adjacent to an activating group) is 1. The number of carbonyl (C=O) groups excluding carboxylic acids is 1. The van der Waals surface area contributed by atoms with Gasteiger partial charge in [0.1, 0.15) is 0 Å². The molecule has 1 saturated carbocycles. The molecule has 2 aliphatic carbocycles. The zero-order valence-electron chi connectivity index (χ0n) is 18.7. The Kier molecular flexibility index (Phi) is 3.80. The number of carbonyl (C=O) groups is 1. The molecule has 4 aliphatic rings. The Morgan fingerprint density at radius 3 is 2.30 bits per heavy atom. The van der Waals surface area contributed by atoms with E-state index in [9.17, 15) is 9.90 Å². The molecule has 2 heterocycles. The Bertz CT molecular complexity index is 1230. The first-order valence-electron chi connectivity index (χ1n) is 11.9. The number of benzene rings is 3. The van der Waals surface area contributed by atoms with Gasteiger partial charge in [-0.3, -0.25) is 4.79 Å². The van der Waals surface area contributed by atoms with Crippen molar-refractivity contribution in [2.45, 2.75) is 42.2 Å². The molecule has 1 N–H and O–H groups in total. The van der Waals surface area contributed by atoms with Crippen molar-refractivity contribution < 1.29 is 14.6 Å². The Hall–Kier alpha value is -3.11. The number of Topliss-reactive ketones (excluding diaryl/α,β-unsaturated/α-hetero) is 1. The predicted octanol–water partition coefficient (Wildman–Crippen LogP) is 4.23. The summed E-state index contributed by atoms with van der Waals surface area (Å²) >= 11 is 0. The number of nitrogens with zero attached hydrogens (tertiary/aromatic N) is 1. The molecule has 1 saturated heterocycles. The van der Waals surface area contributed by atoms with Gasteiger partial charge in [0, 0.05) is 17.0 Å². The number of ether oxygens (including phenoxy) is 1. The van der Waals surface area contributed by atoms with Gasteiger partial charge in [-0.05, 0) is 61.5 Å². The second-order valence-electron chi connectivity index (χ2n) is 10.3. The van der Waals surface area contributed by atoms with Crippen molar-refractivity contribution in [2.75, 3.05) is 13.6 Å². The minimum Gasteiger partial charge on any atom is -0.504 e. The maximum atomic E-state index is 14.7. The van der Waals surface area contributed by atoms with Gasteiger partial charge < -0.3 is 14.7 Å². The molecule has 0 radical (unpaired) electrons. The topological polar surface area (TPSA) is 49.8 Å². The van der Waals surface area contributed by atoms with E-state index in [0.717, 1.165) is 42.5 Å². The number of ketones is 1. The average molecular weight is 438 g/mol. The molecular weight excluding hydrogens is 410 g/mol. The number of hydrogen-bond donors (Lipinski definition) is 1. The van der Waals surface area contributed by atoms with Gasteiger partial charge in [-0.25, -0.2) is 0 Å². The summed E-state index contributed by atoms with van der Waals surface area (Å²) in [6.45, 7) is 0.937. The zero-order valence-corrected chi connectivity index (χ0v) is 18.7. The molecule has 4 nitrogen and oxygen atoms in total. The molecule has 166 valence electrons. The van der Waals surface area contributed by atoms with Crippen LogP contribution in [0.2, 0.25) is 0 Å². The van der Waals surface area contributed by atoms with E-state index in [0.29, 0.717) is 11.8 Å². The largest absolute Gasteiger partial charge is 0.504 e. The maximum Gasteiger partial charge on any atom is 0.189 e. The third kappa shape index (κ3) is 2.23. The molecule has 3 aromatic carbocycles. The molecule has 0 unspecified atom stereocenters. The van der Waals surface area contributed by atoms with E-state index in [1.165, 1.54) is 5.56 Å². The summed E-state index contributed by atoms with van der Waals surface area (Å²) < 4.78 is 6.54. The molecule has 0 aromatic heterocycles. The van der Waals surface area contributed by atoms with E-state index >= 15 is 0 Å². The van der Waals surface area contributed by atoms with Crippen LogP contribution in [0.1, 0.15) is 35.1 Å². The first-order chi connectivity index (χ1) is 16.1. The molecule has 33 heavy (non-hydrogen) atoms. The summed E-state index contributed by atoms with van der Waals surface area (Å²) in [5, 5.41) is 10.8. The summed E-state index contributed by atoms with van der Waals surface area (Å²) in [6, 6.07) is 24.6. The van der Waals surface area contributed by atoms with Crippen molar-refractivity contribution in [3.63, 3.8) is 0 Å². The molecule has 2 aliphatic heterocycles. The van der Waals surface area contributed by atoms with Gasteiger partial charge in [-0.15, -0.1) is 0 Å². The highest BCUT2D eigenvalue weighted by Gasteiger charge is 2.70. The van der Waals surface area contributed by atoms with Gasteiger partial charge in [-0.1, -0.05) is 66.7 Å². The van der Waals surface area contributed by atoms with Gasteiger partial charge in [0.2, 0.25) is 0 Å². The van der Waals surface area contributed by atoms with Crippen molar-refractivity contribution in [1.29, 1.82) is 0 Å². The molecule has 4 atom stereocenters. The monoisotopic (exact) mass is 437 g/mol. The Morgan fingerprint density at radius 1 is 0.970 bits per heavy atom. The highest BCUT2D eigenvalue weighted by Crippen LogP contribution is 2.66.